The molecule has 2 N–H and O–H groups in total. The van der Waals surface area contributed by atoms with Crippen molar-refractivity contribution in [2.75, 3.05) is 32.8 Å². The van der Waals surface area contributed by atoms with Gasteiger partial charge in [0.2, 0.25) is 5.91 Å². The van der Waals surface area contributed by atoms with Gasteiger partial charge < -0.3 is 15.4 Å². The molecular weight excluding hydrogens is 306 g/mol. The Morgan fingerprint density at radius 1 is 1.17 bits per heavy atom. The quantitative estimate of drug-likeness (QED) is 0.865. The minimum atomic E-state index is -0.187. The standard InChI is InChI=1S/C18H25N3O3/c1-13-2-4-16(5-3-13)24-12-17(22)21-10-15(11-21)20-8-6-14(7-9-20)18(19)23/h2-5,14-15H,6-12H2,1H3,(H2,19,23). The zero-order valence-electron chi connectivity index (χ0n) is 14.1. The predicted octanol–water partition coefficient (Wildman–Crippen LogP) is 0.782. The smallest absolute Gasteiger partial charge is 0.260 e. The summed E-state index contributed by atoms with van der Waals surface area (Å²) in [7, 11) is 0. The molecule has 0 aromatic heterocycles. The first-order chi connectivity index (χ1) is 11.5. The summed E-state index contributed by atoms with van der Waals surface area (Å²) in [4.78, 5) is 27.6. The molecule has 1 aromatic carbocycles. The number of hydrogen-bond donors (Lipinski definition) is 1. The number of piperidine rings is 1. The molecule has 1 aromatic rings. The van der Waals surface area contributed by atoms with Gasteiger partial charge in [-0.05, 0) is 45.0 Å². The van der Waals surface area contributed by atoms with Gasteiger partial charge in [-0.2, -0.15) is 0 Å². The third-order valence-electron chi connectivity index (χ3n) is 5.05. The Labute approximate surface area is 142 Å². The minimum absolute atomic E-state index is 0.0157. The van der Waals surface area contributed by atoms with Crippen molar-refractivity contribution in [3.8, 4) is 5.75 Å². The van der Waals surface area contributed by atoms with E-state index in [1.165, 1.54) is 5.56 Å². The second kappa shape index (κ2) is 7.21. The number of amides is 2. The summed E-state index contributed by atoms with van der Waals surface area (Å²) in [6.07, 6.45) is 1.66. The zero-order chi connectivity index (χ0) is 17.1. The fraction of sp³-hybridized carbons (Fsp3) is 0.556. The molecule has 24 heavy (non-hydrogen) atoms. The van der Waals surface area contributed by atoms with E-state index in [2.05, 4.69) is 4.90 Å². The van der Waals surface area contributed by atoms with Crippen LogP contribution in [-0.2, 0) is 9.59 Å². The molecule has 0 atom stereocenters. The molecule has 0 spiro atoms. The molecule has 130 valence electrons. The number of carbonyl (C=O) groups excluding carboxylic acids is 2. The number of primary amides is 1. The molecule has 2 aliphatic heterocycles. The SMILES string of the molecule is Cc1ccc(OCC(=O)N2CC(N3CCC(C(N)=O)CC3)C2)cc1. The lowest BCUT2D eigenvalue weighted by Gasteiger charge is -2.47. The van der Waals surface area contributed by atoms with Gasteiger partial charge in [0.25, 0.3) is 5.91 Å². The molecule has 0 saturated carbocycles. The van der Waals surface area contributed by atoms with E-state index < -0.39 is 0 Å². The highest BCUT2D eigenvalue weighted by molar-refractivity contribution is 5.78. The number of aryl methyl sites for hydroxylation is 1. The highest BCUT2D eigenvalue weighted by atomic mass is 16.5. The Morgan fingerprint density at radius 2 is 1.79 bits per heavy atom. The average Bonchev–Trinajstić information content (AvgIpc) is 2.53. The molecule has 0 bridgehead atoms. The Hall–Kier alpha value is -2.08. The van der Waals surface area contributed by atoms with Gasteiger partial charge in [0.05, 0.1) is 0 Å². The predicted molar refractivity (Wildman–Crippen MR) is 90.5 cm³/mol. The summed E-state index contributed by atoms with van der Waals surface area (Å²) in [6, 6.07) is 8.10. The summed E-state index contributed by atoms with van der Waals surface area (Å²) in [6.45, 7) is 5.37. The average molecular weight is 331 g/mol. The molecular formula is C18H25N3O3. The van der Waals surface area contributed by atoms with Crippen LogP contribution in [0.25, 0.3) is 0 Å². The molecule has 2 saturated heterocycles. The van der Waals surface area contributed by atoms with E-state index in [-0.39, 0.29) is 24.3 Å². The van der Waals surface area contributed by atoms with Crippen LogP contribution in [0.4, 0.5) is 0 Å². The maximum atomic E-state index is 12.2. The van der Waals surface area contributed by atoms with Crippen LogP contribution in [0, 0.1) is 12.8 Å². The Balaban J connectivity index is 1.38. The van der Waals surface area contributed by atoms with E-state index in [0.717, 1.165) is 44.8 Å². The fourth-order valence-corrected chi connectivity index (χ4v) is 3.31. The number of rotatable bonds is 5. The van der Waals surface area contributed by atoms with Crippen LogP contribution in [0.5, 0.6) is 5.75 Å². The Bertz CT molecular complexity index is 588. The van der Waals surface area contributed by atoms with Crippen LogP contribution in [0.15, 0.2) is 24.3 Å². The van der Waals surface area contributed by atoms with E-state index in [0.29, 0.717) is 6.04 Å². The summed E-state index contributed by atoms with van der Waals surface area (Å²) in [5, 5.41) is 0. The van der Waals surface area contributed by atoms with Crippen LogP contribution >= 0.6 is 0 Å². The highest BCUT2D eigenvalue weighted by Crippen LogP contribution is 2.23. The maximum absolute atomic E-state index is 12.2. The van der Waals surface area contributed by atoms with Crippen molar-refractivity contribution in [3.05, 3.63) is 29.8 Å². The van der Waals surface area contributed by atoms with Crippen molar-refractivity contribution in [1.29, 1.82) is 0 Å². The monoisotopic (exact) mass is 331 g/mol. The molecule has 0 aliphatic carbocycles. The largest absolute Gasteiger partial charge is 0.484 e. The Kier molecular flexibility index (Phi) is 5.04. The zero-order valence-corrected chi connectivity index (χ0v) is 14.1. The first kappa shape index (κ1) is 16.8. The molecule has 2 aliphatic rings. The summed E-state index contributed by atoms with van der Waals surface area (Å²) < 4.78 is 5.54. The fourth-order valence-electron chi connectivity index (χ4n) is 3.31. The summed E-state index contributed by atoms with van der Waals surface area (Å²) in [5.41, 5.74) is 6.53. The number of carbonyl (C=O) groups is 2. The van der Waals surface area contributed by atoms with E-state index >= 15 is 0 Å². The van der Waals surface area contributed by atoms with Gasteiger partial charge in [-0.1, -0.05) is 17.7 Å². The highest BCUT2D eigenvalue weighted by Gasteiger charge is 2.36. The van der Waals surface area contributed by atoms with E-state index in [9.17, 15) is 9.59 Å². The lowest BCUT2D eigenvalue weighted by atomic mass is 9.94. The van der Waals surface area contributed by atoms with Gasteiger partial charge in [-0.15, -0.1) is 0 Å². The van der Waals surface area contributed by atoms with Gasteiger partial charge in [0, 0.05) is 25.0 Å². The number of ether oxygens (including phenoxy) is 1. The maximum Gasteiger partial charge on any atom is 0.260 e. The lowest BCUT2D eigenvalue weighted by molar-refractivity contribution is -0.141. The first-order valence-corrected chi connectivity index (χ1v) is 8.53. The second-order valence-corrected chi connectivity index (χ2v) is 6.77. The number of nitrogens with two attached hydrogens (primary N) is 1. The number of nitrogens with zero attached hydrogens (tertiary/aromatic N) is 2. The lowest BCUT2D eigenvalue weighted by Crippen LogP contribution is -2.63. The van der Waals surface area contributed by atoms with Crippen LogP contribution < -0.4 is 10.5 Å². The molecule has 6 heteroatoms. The molecule has 6 nitrogen and oxygen atoms in total. The summed E-state index contributed by atoms with van der Waals surface area (Å²) in [5.74, 6) is 0.577. The van der Waals surface area contributed by atoms with Crippen molar-refractivity contribution in [2.45, 2.75) is 25.8 Å². The van der Waals surface area contributed by atoms with Gasteiger partial charge in [-0.25, -0.2) is 0 Å². The normalized spacial score (nSPS) is 19.8. The number of hydrogen-bond acceptors (Lipinski definition) is 4. The molecule has 3 rings (SSSR count). The van der Waals surface area contributed by atoms with Crippen LogP contribution in [-0.4, -0.2) is 60.4 Å². The minimum Gasteiger partial charge on any atom is -0.484 e. The van der Waals surface area contributed by atoms with Crippen molar-refractivity contribution >= 4 is 11.8 Å². The van der Waals surface area contributed by atoms with E-state index in [1.54, 1.807) is 0 Å². The van der Waals surface area contributed by atoms with Gasteiger partial charge in [-0.3, -0.25) is 14.5 Å². The molecule has 2 amide bonds. The van der Waals surface area contributed by atoms with Gasteiger partial charge in [0.1, 0.15) is 5.75 Å². The molecule has 0 radical (unpaired) electrons. The molecule has 2 fully saturated rings. The van der Waals surface area contributed by atoms with Crippen LogP contribution in [0.2, 0.25) is 0 Å². The first-order valence-electron chi connectivity index (χ1n) is 8.53. The number of likely N-dealkylation sites (tertiary alicyclic amines) is 2. The number of benzene rings is 1. The van der Waals surface area contributed by atoms with Crippen LogP contribution in [0.1, 0.15) is 18.4 Å². The van der Waals surface area contributed by atoms with Gasteiger partial charge in [0.15, 0.2) is 6.61 Å². The summed E-state index contributed by atoms with van der Waals surface area (Å²) >= 11 is 0. The van der Waals surface area contributed by atoms with Crippen molar-refractivity contribution in [3.63, 3.8) is 0 Å². The molecule has 2 heterocycles. The van der Waals surface area contributed by atoms with E-state index in [4.69, 9.17) is 10.5 Å². The van der Waals surface area contributed by atoms with Crippen molar-refractivity contribution in [2.24, 2.45) is 11.7 Å². The third-order valence-corrected chi connectivity index (χ3v) is 5.05. The van der Waals surface area contributed by atoms with Crippen molar-refractivity contribution < 1.29 is 14.3 Å². The topological polar surface area (TPSA) is 75.9 Å². The second-order valence-electron chi connectivity index (χ2n) is 6.77. The van der Waals surface area contributed by atoms with Crippen molar-refractivity contribution in [1.82, 2.24) is 9.80 Å². The van der Waals surface area contributed by atoms with Crippen LogP contribution in [0.3, 0.4) is 0 Å². The third kappa shape index (κ3) is 3.87. The van der Waals surface area contributed by atoms with E-state index in [1.807, 2.05) is 36.1 Å². The van der Waals surface area contributed by atoms with Gasteiger partial charge >= 0.3 is 0 Å². The molecule has 0 unspecified atom stereocenters. The Morgan fingerprint density at radius 3 is 2.38 bits per heavy atom.